The Morgan fingerprint density at radius 1 is 0.938 bits per heavy atom. The van der Waals surface area contributed by atoms with Gasteiger partial charge in [0.05, 0.1) is 50.5 Å². The topological polar surface area (TPSA) is 300 Å². The van der Waals surface area contributed by atoms with Gasteiger partial charge in [-0.25, -0.2) is 19.2 Å². The minimum Gasteiger partial charge on any atom is -0.466 e. The maximum Gasteiger partial charge on any atom is 0.405 e. The van der Waals surface area contributed by atoms with Crippen molar-refractivity contribution in [3.05, 3.63) is 86.1 Å². The number of nitrogens with zero attached hydrogens (tertiary/aromatic N) is 8. The van der Waals surface area contributed by atoms with Crippen molar-refractivity contribution in [3.63, 3.8) is 0 Å². The summed E-state index contributed by atoms with van der Waals surface area (Å²) in [6.45, 7) is 3.55. The highest BCUT2D eigenvalue weighted by molar-refractivity contribution is 7.51. The average Bonchev–Trinajstić information content (AvgIpc) is 3.63. The van der Waals surface area contributed by atoms with Crippen LogP contribution in [-0.2, 0) is 32.6 Å². The van der Waals surface area contributed by atoms with E-state index in [1.165, 1.54) is 26.2 Å². The fraction of sp³-hybridized carbons (Fsp3) is 0.640. The zero-order chi connectivity index (χ0) is 35.0. The van der Waals surface area contributed by atoms with Gasteiger partial charge in [0, 0.05) is 52.7 Å². The van der Waals surface area contributed by atoms with E-state index in [-0.39, 0.29) is 43.5 Å². The van der Waals surface area contributed by atoms with Crippen molar-refractivity contribution in [1.82, 2.24) is 24.2 Å². The Morgan fingerprint density at radius 3 is 1.81 bits per heavy atom. The number of esters is 1. The number of aromatic amines is 2. The Labute approximate surface area is 270 Å². The number of rotatable bonds is 15. The molecule has 23 heteroatoms. The predicted octanol–water partition coefficient (Wildman–Crippen LogP) is 1.32. The summed E-state index contributed by atoms with van der Waals surface area (Å²) in [4.78, 5) is 70.4. The summed E-state index contributed by atoms with van der Waals surface area (Å²) in [5.41, 5.74) is 16.1. The van der Waals surface area contributed by atoms with Gasteiger partial charge in [0.1, 0.15) is 12.5 Å². The molecule has 0 bridgehead atoms. The molecule has 2 fully saturated rings. The lowest BCUT2D eigenvalue weighted by Crippen LogP contribution is -2.34. The Balaban J connectivity index is 1.51. The summed E-state index contributed by atoms with van der Waals surface area (Å²) in [6, 6.07) is -1.78. The van der Waals surface area contributed by atoms with Gasteiger partial charge in [0.15, 0.2) is 0 Å². The van der Waals surface area contributed by atoms with Crippen molar-refractivity contribution in [3.8, 4) is 0 Å². The van der Waals surface area contributed by atoms with Gasteiger partial charge >= 0.3 is 25.1 Å². The highest BCUT2D eigenvalue weighted by Gasteiger charge is 2.41. The van der Waals surface area contributed by atoms with Crippen molar-refractivity contribution in [2.75, 3.05) is 26.4 Å². The molecule has 6 atom stereocenters. The summed E-state index contributed by atoms with van der Waals surface area (Å²) in [5, 5.41) is 9.98. The molecule has 0 amide bonds. The normalized spacial score (nSPS) is 24.7. The number of ether oxygens (including phenoxy) is 3. The molecular weight excluding hydrogens is 661 g/mol. The Hall–Kier alpha value is -4.52. The standard InChI is InChI=1S/C25H34N11O11P/c1-4-43-21(37)5-6-28-48(42,44-11-17-15(31-33-26)7-19(46-17)35-9-13(2)22(38)29-24(35)40)45-12-18-16(32-34-27)8-20(47-18)36-10-14(3)23(39)30-25(36)41/h9-10,15-20H,4-8,11-12H2,1-3H3,(H,28,42)(H,29,38,40)(H,30,39,41)/t15-,16-,17+,18+,19+,20+/m1/s1. The third kappa shape index (κ3) is 8.88. The maximum absolute atomic E-state index is 14.0. The lowest BCUT2D eigenvalue weighted by Gasteiger charge is -2.24. The van der Waals surface area contributed by atoms with Crippen LogP contribution in [0.2, 0.25) is 0 Å². The third-order valence-electron chi connectivity index (χ3n) is 7.48. The number of carbonyl (C=O) groups is 1. The van der Waals surface area contributed by atoms with Crippen molar-refractivity contribution in [2.45, 2.75) is 76.8 Å². The van der Waals surface area contributed by atoms with Crippen LogP contribution in [0, 0.1) is 13.8 Å². The monoisotopic (exact) mass is 695 g/mol. The highest BCUT2D eigenvalue weighted by atomic mass is 31.2. The number of aryl methyl sites for hydroxylation is 2. The van der Waals surface area contributed by atoms with E-state index in [1.54, 1.807) is 6.92 Å². The molecule has 0 aliphatic carbocycles. The fourth-order valence-corrected chi connectivity index (χ4v) is 6.38. The quantitative estimate of drug-likeness (QED) is 0.0781. The molecule has 2 aliphatic rings. The van der Waals surface area contributed by atoms with Crippen LogP contribution >= 0.6 is 7.75 Å². The second kappa shape index (κ2) is 16.1. The largest absolute Gasteiger partial charge is 0.466 e. The maximum atomic E-state index is 14.0. The van der Waals surface area contributed by atoms with Gasteiger partial charge < -0.3 is 14.2 Å². The van der Waals surface area contributed by atoms with E-state index in [9.17, 15) is 28.5 Å². The van der Waals surface area contributed by atoms with E-state index < -0.39 is 86.2 Å². The molecule has 2 aromatic rings. The van der Waals surface area contributed by atoms with Crippen LogP contribution in [0.4, 0.5) is 0 Å². The van der Waals surface area contributed by atoms with Gasteiger partial charge in [-0.3, -0.25) is 42.5 Å². The fourth-order valence-electron chi connectivity index (χ4n) is 5.05. The Kier molecular flexibility index (Phi) is 12.1. The van der Waals surface area contributed by atoms with Gasteiger partial charge in [-0.1, -0.05) is 10.2 Å². The van der Waals surface area contributed by atoms with Gasteiger partial charge in [0.2, 0.25) is 0 Å². The van der Waals surface area contributed by atoms with Crippen molar-refractivity contribution < 1.29 is 32.6 Å². The number of hydrogen-bond donors (Lipinski definition) is 3. The summed E-state index contributed by atoms with van der Waals surface area (Å²) >= 11 is 0. The van der Waals surface area contributed by atoms with Crippen LogP contribution in [0.3, 0.4) is 0 Å². The minimum atomic E-state index is -4.34. The molecule has 48 heavy (non-hydrogen) atoms. The van der Waals surface area contributed by atoms with Gasteiger partial charge in [-0.05, 0) is 31.8 Å². The third-order valence-corrected chi connectivity index (χ3v) is 9.07. The van der Waals surface area contributed by atoms with Gasteiger partial charge in [-0.2, -0.15) is 0 Å². The van der Waals surface area contributed by atoms with E-state index in [4.69, 9.17) is 34.3 Å². The van der Waals surface area contributed by atoms with Gasteiger partial charge in [0.25, 0.3) is 11.1 Å². The van der Waals surface area contributed by atoms with Crippen LogP contribution in [0.15, 0.2) is 41.8 Å². The second-order valence-electron chi connectivity index (χ2n) is 10.8. The molecule has 4 heterocycles. The SMILES string of the molecule is CCOC(=O)CCNP(=O)(OC[C@@H]1O[C@H](n2cc(C)c(=O)[nH]c2=O)C[C@H]1N=[N+]=[N-])OC[C@@H]1O[C@H](n2cc(C)c(=O)[nH]c2=O)C[C@H]1N=[N+]=[N-]. The van der Waals surface area contributed by atoms with Crippen LogP contribution < -0.4 is 27.6 Å². The molecule has 2 aromatic heterocycles. The first-order valence-electron chi connectivity index (χ1n) is 14.7. The molecule has 4 rings (SSSR count). The first-order chi connectivity index (χ1) is 22.9. The van der Waals surface area contributed by atoms with E-state index in [1.807, 2.05) is 0 Å². The second-order valence-corrected chi connectivity index (χ2v) is 12.6. The molecule has 0 aromatic carbocycles. The molecule has 260 valence electrons. The summed E-state index contributed by atoms with van der Waals surface area (Å²) in [6.07, 6.45) is -1.60. The molecule has 2 aliphatic heterocycles. The Bertz CT molecular complexity index is 1760. The van der Waals surface area contributed by atoms with E-state index in [0.717, 1.165) is 9.13 Å². The summed E-state index contributed by atoms with van der Waals surface area (Å²) in [5.74, 6) is -0.587. The number of aromatic nitrogens is 4. The Morgan fingerprint density at radius 2 is 1.40 bits per heavy atom. The number of H-pyrrole nitrogens is 2. The number of azide groups is 2. The molecular formula is C25H34N11O11P. The zero-order valence-electron chi connectivity index (χ0n) is 26.1. The van der Waals surface area contributed by atoms with Crippen molar-refractivity contribution >= 4 is 13.7 Å². The predicted molar refractivity (Wildman–Crippen MR) is 164 cm³/mol. The molecule has 2 saturated heterocycles. The van der Waals surface area contributed by atoms with Crippen molar-refractivity contribution in [1.29, 1.82) is 0 Å². The molecule has 0 radical (unpaired) electrons. The summed E-state index contributed by atoms with van der Waals surface area (Å²) < 4.78 is 44.3. The van der Waals surface area contributed by atoms with E-state index in [0.29, 0.717) is 0 Å². The lowest BCUT2D eigenvalue weighted by molar-refractivity contribution is -0.142. The molecule has 3 N–H and O–H groups in total. The average molecular weight is 696 g/mol. The zero-order valence-corrected chi connectivity index (χ0v) is 27.0. The first kappa shape index (κ1) is 36.3. The van der Waals surface area contributed by atoms with Crippen molar-refractivity contribution in [2.24, 2.45) is 10.2 Å². The van der Waals surface area contributed by atoms with E-state index >= 15 is 0 Å². The lowest BCUT2D eigenvalue weighted by atomic mass is 10.1. The highest BCUT2D eigenvalue weighted by Crippen LogP contribution is 2.46. The molecule has 0 unspecified atom stereocenters. The first-order valence-corrected chi connectivity index (χ1v) is 16.3. The smallest absolute Gasteiger partial charge is 0.405 e. The number of hydrogen-bond acceptors (Lipinski definition) is 13. The van der Waals surface area contributed by atoms with Crippen LogP contribution in [0.1, 0.15) is 49.8 Å². The minimum absolute atomic E-state index is 0.0136. The van der Waals surface area contributed by atoms with Crippen LogP contribution in [-0.4, -0.2) is 75.7 Å². The van der Waals surface area contributed by atoms with Gasteiger partial charge in [-0.15, -0.1) is 0 Å². The number of nitrogens with one attached hydrogen (secondary N) is 3. The molecule has 0 saturated carbocycles. The van der Waals surface area contributed by atoms with Crippen LogP contribution in [0.25, 0.3) is 20.9 Å². The number of carbonyl (C=O) groups excluding carboxylic acids is 1. The summed E-state index contributed by atoms with van der Waals surface area (Å²) in [7, 11) is -4.34. The van der Waals surface area contributed by atoms with Crippen LogP contribution in [0.5, 0.6) is 0 Å². The molecule has 22 nitrogen and oxygen atoms in total. The molecule has 0 spiro atoms. The van der Waals surface area contributed by atoms with E-state index in [2.05, 4.69) is 35.1 Å².